The van der Waals surface area contributed by atoms with Gasteiger partial charge >= 0.3 is 5.97 Å². The number of aryl methyl sites for hydroxylation is 2. The molecular weight excluding hydrogens is 282 g/mol. The van der Waals surface area contributed by atoms with E-state index in [1.165, 1.54) is 10.5 Å². The maximum atomic E-state index is 12.7. The molecule has 5 nitrogen and oxygen atoms in total. The molecule has 120 valence electrons. The van der Waals surface area contributed by atoms with Crippen LogP contribution >= 0.6 is 0 Å². The normalized spacial score (nSPS) is 17.5. The zero-order valence-corrected chi connectivity index (χ0v) is 13.5. The van der Waals surface area contributed by atoms with Gasteiger partial charge in [0.2, 0.25) is 0 Å². The summed E-state index contributed by atoms with van der Waals surface area (Å²) in [5, 5.41) is 9.03. The molecule has 1 heterocycles. The minimum absolute atomic E-state index is 0.126. The van der Waals surface area contributed by atoms with Gasteiger partial charge in [0.15, 0.2) is 6.10 Å². The molecule has 0 aliphatic carbocycles. The summed E-state index contributed by atoms with van der Waals surface area (Å²) >= 11 is 0. The second-order valence-corrected chi connectivity index (χ2v) is 5.97. The molecule has 1 aromatic carbocycles. The van der Waals surface area contributed by atoms with Gasteiger partial charge in [-0.15, -0.1) is 0 Å². The van der Waals surface area contributed by atoms with Crippen molar-refractivity contribution in [3.63, 3.8) is 0 Å². The van der Waals surface area contributed by atoms with Gasteiger partial charge in [-0.1, -0.05) is 13.0 Å². The van der Waals surface area contributed by atoms with Gasteiger partial charge in [0, 0.05) is 12.5 Å². The van der Waals surface area contributed by atoms with E-state index in [0.717, 1.165) is 16.9 Å². The maximum absolute atomic E-state index is 12.7. The van der Waals surface area contributed by atoms with Gasteiger partial charge in [-0.2, -0.15) is 0 Å². The van der Waals surface area contributed by atoms with Gasteiger partial charge in [-0.05, 0) is 49.9 Å². The van der Waals surface area contributed by atoms with E-state index in [2.05, 4.69) is 0 Å². The summed E-state index contributed by atoms with van der Waals surface area (Å²) in [5.41, 5.74) is 3.30. The van der Waals surface area contributed by atoms with E-state index < -0.39 is 12.1 Å². The molecule has 0 fully saturated rings. The van der Waals surface area contributed by atoms with Crippen molar-refractivity contribution in [1.29, 1.82) is 0 Å². The first-order valence-electron chi connectivity index (χ1n) is 7.62. The van der Waals surface area contributed by atoms with Crippen molar-refractivity contribution < 1.29 is 19.4 Å². The molecule has 0 spiro atoms. The van der Waals surface area contributed by atoms with E-state index in [4.69, 9.17) is 9.84 Å². The number of rotatable bonds is 5. The highest BCUT2D eigenvalue weighted by atomic mass is 16.5. The Bertz CT molecular complexity index is 566. The highest BCUT2D eigenvalue weighted by molar-refractivity contribution is 5.86. The summed E-state index contributed by atoms with van der Waals surface area (Å²) < 4.78 is 5.78. The molecule has 2 atom stereocenters. The lowest BCUT2D eigenvalue weighted by molar-refractivity contribution is -0.149. The summed E-state index contributed by atoms with van der Waals surface area (Å²) in [6.07, 6.45) is 0.586. The van der Waals surface area contributed by atoms with Crippen LogP contribution in [-0.4, -0.2) is 40.6 Å². The molecule has 0 aromatic heterocycles. The number of aliphatic carboxylic acids is 1. The van der Waals surface area contributed by atoms with Gasteiger partial charge in [0.25, 0.3) is 5.91 Å². The number of amides is 1. The lowest BCUT2D eigenvalue weighted by Gasteiger charge is -2.29. The standard InChI is InChI=1S/C17H23NO4/c1-5-12(4)18(9-16(19)20)17(21)15-8-13-6-10(2)11(3)7-14(13)22-15/h6-7,12,15H,5,8-9H2,1-4H3,(H,19,20). The van der Waals surface area contributed by atoms with Crippen LogP contribution in [0.3, 0.4) is 0 Å². The first kappa shape index (κ1) is 16.3. The average molecular weight is 305 g/mol. The number of carbonyl (C=O) groups is 2. The van der Waals surface area contributed by atoms with Crippen LogP contribution in [-0.2, 0) is 16.0 Å². The Morgan fingerprint density at radius 2 is 2.00 bits per heavy atom. The Labute approximate surface area is 130 Å². The Hall–Kier alpha value is -2.04. The topological polar surface area (TPSA) is 66.8 Å². The molecule has 1 amide bonds. The molecule has 1 aliphatic rings. The minimum atomic E-state index is -1.00. The van der Waals surface area contributed by atoms with E-state index in [-0.39, 0.29) is 18.5 Å². The molecule has 5 heteroatoms. The Morgan fingerprint density at radius 3 is 2.59 bits per heavy atom. The van der Waals surface area contributed by atoms with Gasteiger partial charge in [0.05, 0.1) is 0 Å². The fraction of sp³-hybridized carbons (Fsp3) is 0.529. The molecular formula is C17H23NO4. The third kappa shape index (κ3) is 3.24. The monoisotopic (exact) mass is 305 g/mol. The number of ether oxygens (including phenoxy) is 1. The molecule has 2 rings (SSSR count). The van der Waals surface area contributed by atoms with Crippen molar-refractivity contribution in [2.75, 3.05) is 6.54 Å². The highest BCUT2D eigenvalue weighted by Gasteiger charge is 2.35. The van der Waals surface area contributed by atoms with Gasteiger partial charge < -0.3 is 14.7 Å². The molecule has 22 heavy (non-hydrogen) atoms. The van der Waals surface area contributed by atoms with E-state index in [9.17, 15) is 9.59 Å². The van der Waals surface area contributed by atoms with Gasteiger partial charge in [0.1, 0.15) is 12.3 Å². The Morgan fingerprint density at radius 1 is 1.36 bits per heavy atom. The van der Waals surface area contributed by atoms with Crippen molar-refractivity contribution >= 4 is 11.9 Å². The van der Waals surface area contributed by atoms with Crippen LogP contribution in [0.4, 0.5) is 0 Å². The van der Waals surface area contributed by atoms with Gasteiger partial charge in [-0.3, -0.25) is 9.59 Å². The first-order valence-corrected chi connectivity index (χ1v) is 7.62. The number of hydrogen-bond donors (Lipinski definition) is 1. The average Bonchev–Trinajstić information content (AvgIpc) is 2.86. The fourth-order valence-corrected chi connectivity index (χ4v) is 2.65. The number of benzene rings is 1. The molecule has 0 saturated carbocycles. The minimum Gasteiger partial charge on any atom is -0.480 e. The number of fused-ring (bicyclic) bond motifs is 1. The predicted molar refractivity (Wildman–Crippen MR) is 83.1 cm³/mol. The fourth-order valence-electron chi connectivity index (χ4n) is 2.65. The molecule has 2 unspecified atom stereocenters. The van der Waals surface area contributed by atoms with E-state index in [1.807, 2.05) is 39.8 Å². The lowest BCUT2D eigenvalue weighted by Crippen LogP contribution is -2.48. The van der Waals surface area contributed by atoms with Crippen LogP contribution < -0.4 is 4.74 Å². The molecule has 0 bridgehead atoms. The third-order valence-corrected chi connectivity index (χ3v) is 4.34. The van der Waals surface area contributed by atoms with Crippen molar-refractivity contribution in [3.8, 4) is 5.75 Å². The van der Waals surface area contributed by atoms with E-state index >= 15 is 0 Å². The molecule has 1 N–H and O–H groups in total. The van der Waals surface area contributed by atoms with Crippen LogP contribution in [0.2, 0.25) is 0 Å². The summed E-state index contributed by atoms with van der Waals surface area (Å²) in [6.45, 7) is 7.54. The Balaban J connectivity index is 2.18. The summed E-state index contributed by atoms with van der Waals surface area (Å²) in [5.74, 6) is -0.514. The Kier molecular flexibility index (Phi) is 4.74. The van der Waals surface area contributed by atoms with Gasteiger partial charge in [-0.25, -0.2) is 0 Å². The molecule has 1 aliphatic heterocycles. The smallest absolute Gasteiger partial charge is 0.323 e. The van der Waals surface area contributed by atoms with Crippen LogP contribution in [0.25, 0.3) is 0 Å². The van der Waals surface area contributed by atoms with Crippen molar-refractivity contribution in [2.45, 2.75) is 52.7 Å². The number of carboxylic acid groups (broad SMARTS) is 1. The summed E-state index contributed by atoms with van der Waals surface area (Å²) in [7, 11) is 0. The zero-order chi connectivity index (χ0) is 16.4. The van der Waals surface area contributed by atoms with Crippen LogP contribution in [0, 0.1) is 13.8 Å². The summed E-state index contributed by atoms with van der Waals surface area (Å²) in [6, 6.07) is 3.87. The second-order valence-electron chi connectivity index (χ2n) is 5.97. The van der Waals surface area contributed by atoms with Crippen molar-refractivity contribution in [1.82, 2.24) is 4.90 Å². The number of carboxylic acids is 1. The number of hydrogen-bond acceptors (Lipinski definition) is 3. The second kappa shape index (κ2) is 6.38. The van der Waals surface area contributed by atoms with Crippen LogP contribution in [0.15, 0.2) is 12.1 Å². The summed E-state index contributed by atoms with van der Waals surface area (Å²) in [4.78, 5) is 25.1. The third-order valence-electron chi connectivity index (χ3n) is 4.34. The van der Waals surface area contributed by atoms with E-state index in [1.54, 1.807) is 0 Å². The van der Waals surface area contributed by atoms with Crippen LogP contribution in [0.1, 0.15) is 37.0 Å². The van der Waals surface area contributed by atoms with Crippen molar-refractivity contribution in [2.24, 2.45) is 0 Å². The SMILES string of the molecule is CCC(C)N(CC(=O)O)C(=O)C1Cc2cc(C)c(C)cc2O1. The van der Waals surface area contributed by atoms with Crippen LogP contribution in [0.5, 0.6) is 5.75 Å². The van der Waals surface area contributed by atoms with E-state index in [0.29, 0.717) is 12.8 Å². The number of nitrogens with zero attached hydrogens (tertiary/aromatic N) is 1. The molecule has 0 radical (unpaired) electrons. The molecule has 1 aromatic rings. The number of carbonyl (C=O) groups excluding carboxylic acids is 1. The maximum Gasteiger partial charge on any atom is 0.323 e. The molecule has 0 saturated heterocycles. The predicted octanol–water partition coefficient (Wildman–Crippen LogP) is 2.32. The van der Waals surface area contributed by atoms with Crippen molar-refractivity contribution in [3.05, 3.63) is 28.8 Å². The lowest BCUT2D eigenvalue weighted by atomic mass is 10.0. The highest BCUT2D eigenvalue weighted by Crippen LogP contribution is 2.32. The quantitative estimate of drug-likeness (QED) is 0.906. The zero-order valence-electron chi connectivity index (χ0n) is 13.5. The largest absolute Gasteiger partial charge is 0.480 e. The first-order chi connectivity index (χ1) is 10.3.